The van der Waals surface area contributed by atoms with Crippen LogP contribution in [0.25, 0.3) is 0 Å². The number of rotatable bonds is 6. The molecule has 0 spiro atoms. The van der Waals surface area contributed by atoms with Gasteiger partial charge in [-0.2, -0.15) is 0 Å². The van der Waals surface area contributed by atoms with E-state index in [9.17, 15) is 14.4 Å². The van der Waals surface area contributed by atoms with Crippen LogP contribution in [0.3, 0.4) is 0 Å². The number of ether oxygens (including phenoxy) is 4. The minimum atomic E-state index is -0.648. The summed E-state index contributed by atoms with van der Waals surface area (Å²) in [6, 6.07) is 9.30. The summed E-state index contributed by atoms with van der Waals surface area (Å²) >= 11 is 0. The molecule has 140 valence electrons. The average molecular weight is 371 g/mol. The first kappa shape index (κ1) is 18.2. The van der Waals surface area contributed by atoms with E-state index in [2.05, 4.69) is 5.32 Å². The number of benzene rings is 2. The molecule has 0 saturated carbocycles. The fourth-order valence-electron chi connectivity index (χ4n) is 2.46. The lowest BCUT2D eigenvalue weighted by Crippen LogP contribution is -2.22. The molecule has 0 atom stereocenters. The van der Waals surface area contributed by atoms with Crippen molar-refractivity contribution in [1.82, 2.24) is 0 Å². The normalized spacial score (nSPS) is 11.6. The molecule has 0 aromatic heterocycles. The topological polar surface area (TPSA) is 100 Å². The van der Waals surface area contributed by atoms with Crippen LogP contribution in [0.5, 0.6) is 17.2 Å². The monoisotopic (exact) mass is 371 g/mol. The number of carbonyl (C=O) groups excluding carboxylic acids is 3. The Bertz CT molecular complexity index is 890. The standard InChI is InChI=1S/C19H17NO7/c1-11(21)14-7-16-17(27-10-26-16)8-15(14)20-18(22)9-25-19(23)12-3-5-13(24-2)6-4-12/h3-8H,9-10H2,1-2H3,(H,20,22). The minimum absolute atomic E-state index is 0.0452. The molecule has 1 aliphatic heterocycles. The molecule has 0 unspecified atom stereocenters. The molecule has 27 heavy (non-hydrogen) atoms. The van der Waals surface area contributed by atoms with E-state index in [1.165, 1.54) is 38.3 Å². The van der Waals surface area contributed by atoms with E-state index in [0.29, 0.717) is 17.2 Å². The SMILES string of the molecule is COc1ccc(C(=O)OCC(=O)Nc2cc3c(cc2C(C)=O)OCO3)cc1. The van der Waals surface area contributed by atoms with Gasteiger partial charge in [-0.05, 0) is 37.3 Å². The molecule has 2 aromatic rings. The van der Waals surface area contributed by atoms with E-state index >= 15 is 0 Å². The smallest absolute Gasteiger partial charge is 0.338 e. The van der Waals surface area contributed by atoms with Gasteiger partial charge in [0.1, 0.15) is 5.75 Å². The number of ketones is 1. The fraction of sp³-hybridized carbons (Fsp3) is 0.211. The van der Waals surface area contributed by atoms with Crippen molar-refractivity contribution in [2.24, 2.45) is 0 Å². The van der Waals surface area contributed by atoms with Gasteiger partial charge in [-0.1, -0.05) is 0 Å². The van der Waals surface area contributed by atoms with Crippen LogP contribution in [0.1, 0.15) is 27.6 Å². The summed E-state index contributed by atoms with van der Waals surface area (Å²) in [5, 5.41) is 2.55. The molecular formula is C19H17NO7. The van der Waals surface area contributed by atoms with Crippen LogP contribution < -0.4 is 19.5 Å². The largest absolute Gasteiger partial charge is 0.497 e. The summed E-state index contributed by atoms with van der Waals surface area (Å²) in [7, 11) is 1.52. The van der Waals surface area contributed by atoms with Crippen molar-refractivity contribution in [1.29, 1.82) is 0 Å². The second-order valence-corrected chi connectivity index (χ2v) is 5.66. The van der Waals surface area contributed by atoms with Crippen molar-refractivity contribution in [3.8, 4) is 17.2 Å². The van der Waals surface area contributed by atoms with E-state index in [1.54, 1.807) is 12.1 Å². The maximum absolute atomic E-state index is 12.1. The van der Waals surface area contributed by atoms with Gasteiger partial charge in [-0.3, -0.25) is 9.59 Å². The van der Waals surface area contributed by atoms with Gasteiger partial charge in [-0.25, -0.2) is 4.79 Å². The summed E-state index contributed by atoms with van der Waals surface area (Å²) in [5.41, 5.74) is 0.822. The first-order chi connectivity index (χ1) is 13.0. The van der Waals surface area contributed by atoms with Gasteiger partial charge in [0.25, 0.3) is 5.91 Å². The molecule has 0 saturated heterocycles. The summed E-state index contributed by atoms with van der Waals surface area (Å²) in [4.78, 5) is 35.9. The van der Waals surface area contributed by atoms with Crippen LogP contribution in [0.15, 0.2) is 36.4 Å². The van der Waals surface area contributed by atoms with E-state index in [4.69, 9.17) is 18.9 Å². The second kappa shape index (κ2) is 7.77. The number of Topliss-reactive ketones (excluding diaryl/α,β-unsaturated/α-hetero) is 1. The Labute approximate surface area is 155 Å². The van der Waals surface area contributed by atoms with Crippen LogP contribution in [0.4, 0.5) is 5.69 Å². The zero-order valence-electron chi connectivity index (χ0n) is 14.7. The molecule has 1 N–H and O–H groups in total. The highest BCUT2D eigenvalue weighted by Gasteiger charge is 2.21. The van der Waals surface area contributed by atoms with Gasteiger partial charge in [0.15, 0.2) is 23.9 Å². The lowest BCUT2D eigenvalue weighted by Gasteiger charge is -2.11. The Hall–Kier alpha value is -3.55. The zero-order chi connectivity index (χ0) is 19.4. The molecule has 8 nitrogen and oxygen atoms in total. The number of nitrogens with one attached hydrogen (secondary N) is 1. The molecule has 0 aliphatic carbocycles. The van der Waals surface area contributed by atoms with Gasteiger partial charge in [0.05, 0.1) is 18.4 Å². The average Bonchev–Trinajstić information content (AvgIpc) is 3.12. The van der Waals surface area contributed by atoms with E-state index in [-0.39, 0.29) is 29.4 Å². The maximum atomic E-state index is 12.1. The van der Waals surface area contributed by atoms with Crippen LogP contribution in [0, 0.1) is 0 Å². The Kier molecular flexibility index (Phi) is 5.25. The molecule has 0 bridgehead atoms. The molecule has 0 fully saturated rings. The molecule has 1 heterocycles. The predicted octanol–water partition coefficient (Wildman–Crippen LogP) is 2.42. The second-order valence-electron chi connectivity index (χ2n) is 5.66. The van der Waals surface area contributed by atoms with Crippen LogP contribution >= 0.6 is 0 Å². The highest BCUT2D eigenvalue weighted by atomic mass is 16.7. The third-order valence-corrected chi connectivity index (χ3v) is 3.83. The maximum Gasteiger partial charge on any atom is 0.338 e. The molecular weight excluding hydrogens is 354 g/mol. The lowest BCUT2D eigenvalue weighted by atomic mass is 10.1. The summed E-state index contributed by atoms with van der Waals surface area (Å²) in [6.45, 7) is 0.914. The first-order valence-electron chi connectivity index (χ1n) is 8.03. The number of carbonyl (C=O) groups is 3. The highest BCUT2D eigenvalue weighted by Crippen LogP contribution is 2.37. The Morgan fingerprint density at radius 3 is 2.37 bits per heavy atom. The van der Waals surface area contributed by atoms with Crippen molar-refractivity contribution >= 4 is 23.3 Å². The molecule has 3 rings (SSSR count). The number of methoxy groups -OCH3 is 1. The third kappa shape index (κ3) is 4.17. The Balaban J connectivity index is 1.64. The number of amides is 1. The first-order valence-corrected chi connectivity index (χ1v) is 8.03. The predicted molar refractivity (Wildman–Crippen MR) is 94.5 cm³/mol. The number of hydrogen-bond acceptors (Lipinski definition) is 7. The van der Waals surface area contributed by atoms with Crippen LogP contribution in [-0.2, 0) is 9.53 Å². The highest BCUT2D eigenvalue weighted by molar-refractivity contribution is 6.05. The lowest BCUT2D eigenvalue weighted by molar-refractivity contribution is -0.119. The van der Waals surface area contributed by atoms with Crippen LogP contribution in [-0.4, -0.2) is 38.2 Å². The number of esters is 1. The van der Waals surface area contributed by atoms with Gasteiger partial charge in [0.2, 0.25) is 6.79 Å². The molecule has 1 amide bonds. The van der Waals surface area contributed by atoms with Crippen molar-refractivity contribution in [3.63, 3.8) is 0 Å². The van der Waals surface area contributed by atoms with E-state index < -0.39 is 18.5 Å². The Morgan fingerprint density at radius 2 is 1.74 bits per heavy atom. The molecule has 0 radical (unpaired) electrons. The molecule has 1 aliphatic rings. The van der Waals surface area contributed by atoms with Gasteiger partial charge in [0, 0.05) is 11.6 Å². The summed E-state index contributed by atoms with van der Waals surface area (Å²) in [6.07, 6.45) is 0. The quantitative estimate of drug-likeness (QED) is 0.615. The summed E-state index contributed by atoms with van der Waals surface area (Å²) in [5.74, 6) is -0.0270. The third-order valence-electron chi connectivity index (χ3n) is 3.83. The van der Waals surface area contributed by atoms with Crippen LogP contribution in [0.2, 0.25) is 0 Å². The molecule has 8 heteroatoms. The number of hydrogen-bond donors (Lipinski definition) is 1. The van der Waals surface area contributed by atoms with Gasteiger partial charge >= 0.3 is 5.97 Å². The van der Waals surface area contributed by atoms with Crippen molar-refractivity contribution in [2.75, 3.05) is 25.8 Å². The van der Waals surface area contributed by atoms with E-state index in [1.807, 2.05) is 0 Å². The van der Waals surface area contributed by atoms with E-state index in [0.717, 1.165) is 0 Å². The Morgan fingerprint density at radius 1 is 1.07 bits per heavy atom. The zero-order valence-corrected chi connectivity index (χ0v) is 14.7. The molecule has 2 aromatic carbocycles. The summed E-state index contributed by atoms with van der Waals surface area (Å²) < 4.78 is 20.5. The number of fused-ring (bicyclic) bond motifs is 1. The van der Waals surface area contributed by atoms with Gasteiger partial charge < -0.3 is 24.3 Å². The van der Waals surface area contributed by atoms with Crippen molar-refractivity contribution < 1.29 is 33.3 Å². The van der Waals surface area contributed by atoms with Crippen molar-refractivity contribution in [2.45, 2.75) is 6.92 Å². The van der Waals surface area contributed by atoms with Gasteiger partial charge in [-0.15, -0.1) is 0 Å². The number of anilines is 1. The minimum Gasteiger partial charge on any atom is -0.497 e. The van der Waals surface area contributed by atoms with Crippen molar-refractivity contribution in [3.05, 3.63) is 47.5 Å². The fourth-order valence-corrected chi connectivity index (χ4v) is 2.46.